The van der Waals surface area contributed by atoms with Gasteiger partial charge in [0.25, 0.3) is 0 Å². The zero-order chi connectivity index (χ0) is 13.7. The van der Waals surface area contributed by atoms with E-state index >= 15 is 0 Å². The lowest BCUT2D eigenvalue weighted by Gasteiger charge is -2.04. The Bertz CT molecular complexity index is 536. The van der Waals surface area contributed by atoms with Crippen molar-refractivity contribution in [1.29, 1.82) is 0 Å². The molecule has 0 atom stereocenters. The van der Waals surface area contributed by atoms with Gasteiger partial charge in [-0.05, 0) is 31.2 Å². The van der Waals surface area contributed by atoms with E-state index in [4.69, 9.17) is 10.5 Å². The molecule has 0 amide bonds. The van der Waals surface area contributed by atoms with E-state index in [0.29, 0.717) is 19.6 Å². The van der Waals surface area contributed by atoms with E-state index in [9.17, 15) is 0 Å². The predicted molar refractivity (Wildman–Crippen MR) is 74.1 cm³/mol. The number of nitrogens with zero attached hydrogens (tertiary/aromatic N) is 3. The Morgan fingerprint density at radius 2 is 2.16 bits per heavy atom. The van der Waals surface area contributed by atoms with Crippen molar-refractivity contribution < 1.29 is 4.74 Å². The minimum Gasteiger partial charge on any atom is -0.493 e. The van der Waals surface area contributed by atoms with Gasteiger partial charge in [-0.25, -0.2) is 4.98 Å². The monoisotopic (exact) mass is 260 g/mol. The molecule has 0 bridgehead atoms. The van der Waals surface area contributed by atoms with E-state index in [1.165, 1.54) is 5.56 Å². The van der Waals surface area contributed by atoms with Crippen LogP contribution in [0.25, 0.3) is 0 Å². The second-order valence-corrected chi connectivity index (χ2v) is 4.52. The summed E-state index contributed by atoms with van der Waals surface area (Å²) >= 11 is 0. The zero-order valence-corrected chi connectivity index (χ0v) is 11.5. The number of aryl methyl sites for hydroxylation is 2. The molecule has 0 aliphatic carbocycles. The van der Waals surface area contributed by atoms with Gasteiger partial charge in [-0.1, -0.05) is 12.1 Å². The van der Waals surface area contributed by atoms with Crippen LogP contribution in [-0.4, -0.2) is 27.9 Å². The lowest BCUT2D eigenvalue weighted by atomic mass is 10.2. The van der Waals surface area contributed by atoms with E-state index < -0.39 is 0 Å². The topological polar surface area (TPSA) is 66.0 Å². The smallest absolute Gasteiger partial charge is 0.154 e. The molecule has 1 aromatic heterocycles. The third-order valence-electron chi connectivity index (χ3n) is 2.85. The van der Waals surface area contributed by atoms with Crippen LogP contribution in [-0.2, 0) is 19.9 Å². The zero-order valence-electron chi connectivity index (χ0n) is 11.5. The minimum absolute atomic E-state index is 0.579. The van der Waals surface area contributed by atoms with Crippen molar-refractivity contribution in [3.05, 3.63) is 41.5 Å². The van der Waals surface area contributed by atoms with Gasteiger partial charge in [0.2, 0.25) is 0 Å². The lowest BCUT2D eigenvalue weighted by Crippen LogP contribution is -2.08. The predicted octanol–water partition coefficient (Wildman–Crippen LogP) is 1.25. The van der Waals surface area contributed by atoms with Gasteiger partial charge in [0, 0.05) is 19.9 Å². The first-order valence-electron chi connectivity index (χ1n) is 6.47. The molecular weight excluding hydrogens is 240 g/mol. The Morgan fingerprint density at radius 3 is 2.89 bits per heavy atom. The van der Waals surface area contributed by atoms with Crippen LogP contribution in [0.1, 0.15) is 17.2 Å². The van der Waals surface area contributed by atoms with E-state index in [1.54, 1.807) is 4.68 Å². The van der Waals surface area contributed by atoms with Crippen LogP contribution < -0.4 is 10.5 Å². The Balaban J connectivity index is 1.87. The fraction of sp³-hybridized carbons (Fsp3) is 0.429. The van der Waals surface area contributed by atoms with E-state index in [-0.39, 0.29) is 0 Å². The second kappa shape index (κ2) is 6.33. The Kier molecular flexibility index (Phi) is 4.52. The number of hydrogen-bond acceptors (Lipinski definition) is 4. The Morgan fingerprint density at radius 1 is 1.32 bits per heavy atom. The summed E-state index contributed by atoms with van der Waals surface area (Å²) in [6.07, 6.45) is 1.45. The molecule has 0 aliphatic rings. The molecule has 1 aromatic carbocycles. The summed E-state index contributed by atoms with van der Waals surface area (Å²) in [5.41, 5.74) is 6.72. The fourth-order valence-electron chi connectivity index (χ4n) is 1.89. The quantitative estimate of drug-likeness (QED) is 0.848. The molecule has 0 unspecified atom stereocenters. The molecule has 0 aliphatic heterocycles. The van der Waals surface area contributed by atoms with E-state index in [2.05, 4.69) is 10.1 Å². The van der Waals surface area contributed by atoms with Crippen molar-refractivity contribution in [3.63, 3.8) is 0 Å². The summed E-state index contributed by atoms with van der Waals surface area (Å²) in [5.74, 6) is 2.62. The van der Waals surface area contributed by atoms with Gasteiger partial charge in [-0.2, -0.15) is 5.10 Å². The van der Waals surface area contributed by atoms with Crippen molar-refractivity contribution in [2.45, 2.75) is 19.8 Å². The van der Waals surface area contributed by atoms with E-state index in [0.717, 1.165) is 23.8 Å². The minimum atomic E-state index is 0.579. The average molecular weight is 260 g/mol. The third-order valence-corrected chi connectivity index (χ3v) is 2.85. The maximum absolute atomic E-state index is 5.69. The summed E-state index contributed by atoms with van der Waals surface area (Å²) in [6.45, 7) is 3.22. The van der Waals surface area contributed by atoms with Gasteiger partial charge >= 0.3 is 0 Å². The van der Waals surface area contributed by atoms with Crippen molar-refractivity contribution in [2.24, 2.45) is 12.8 Å². The third kappa shape index (κ3) is 3.79. The normalized spacial score (nSPS) is 10.7. The molecule has 0 radical (unpaired) electrons. The lowest BCUT2D eigenvalue weighted by molar-refractivity contribution is 0.318. The van der Waals surface area contributed by atoms with Crippen molar-refractivity contribution >= 4 is 0 Å². The van der Waals surface area contributed by atoms with Crippen molar-refractivity contribution in [2.75, 3.05) is 13.2 Å². The van der Waals surface area contributed by atoms with Crippen molar-refractivity contribution in [1.82, 2.24) is 14.8 Å². The van der Waals surface area contributed by atoms with Gasteiger partial charge in [0.15, 0.2) is 5.82 Å². The highest BCUT2D eigenvalue weighted by molar-refractivity contribution is 5.27. The number of aromatic nitrogens is 3. The van der Waals surface area contributed by atoms with Gasteiger partial charge in [0.05, 0.1) is 6.61 Å². The molecule has 0 saturated heterocycles. The van der Waals surface area contributed by atoms with Gasteiger partial charge in [0.1, 0.15) is 11.6 Å². The number of ether oxygens (including phenoxy) is 1. The number of hydrogen-bond donors (Lipinski definition) is 1. The number of nitrogens with two attached hydrogens (primary N) is 1. The molecule has 0 spiro atoms. The molecule has 2 aromatic rings. The summed E-state index contributed by atoms with van der Waals surface area (Å²) in [5, 5.41) is 4.35. The maximum atomic E-state index is 5.69. The average Bonchev–Trinajstić information content (AvgIpc) is 2.71. The van der Waals surface area contributed by atoms with Gasteiger partial charge < -0.3 is 10.5 Å². The Labute approximate surface area is 113 Å². The first-order valence-corrected chi connectivity index (χ1v) is 6.47. The van der Waals surface area contributed by atoms with Crippen molar-refractivity contribution in [3.8, 4) is 5.75 Å². The molecule has 5 heteroatoms. The summed E-state index contributed by atoms with van der Waals surface area (Å²) in [4.78, 5) is 4.44. The maximum Gasteiger partial charge on any atom is 0.154 e. The highest BCUT2D eigenvalue weighted by Gasteiger charge is 2.06. The molecule has 102 valence electrons. The summed E-state index contributed by atoms with van der Waals surface area (Å²) in [6, 6.07) is 8.01. The molecule has 19 heavy (non-hydrogen) atoms. The number of rotatable bonds is 6. The second-order valence-electron chi connectivity index (χ2n) is 4.52. The first-order chi connectivity index (χ1) is 9.19. The van der Waals surface area contributed by atoms with Crippen LogP contribution in [0.3, 0.4) is 0 Å². The Hall–Kier alpha value is -1.88. The van der Waals surface area contributed by atoms with Crippen LogP contribution in [0.15, 0.2) is 24.3 Å². The van der Waals surface area contributed by atoms with Crippen LogP contribution in [0, 0.1) is 6.92 Å². The molecule has 2 rings (SSSR count). The first kappa shape index (κ1) is 13.5. The van der Waals surface area contributed by atoms with Crippen LogP contribution >= 0.6 is 0 Å². The molecule has 2 N–H and O–H groups in total. The van der Waals surface area contributed by atoms with Crippen LogP contribution in [0.2, 0.25) is 0 Å². The molecule has 1 heterocycles. The van der Waals surface area contributed by atoms with Crippen LogP contribution in [0.5, 0.6) is 5.75 Å². The largest absolute Gasteiger partial charge is 0.493 e. The van der Waals surface area contributed by atoms with Crippen LogP contribution in [0.4, 0.5) is 0 Å². The highest BCUT2D eigenvalue weighted by atomic mass is 16.5. The SMILES string of the molecule is Cc1cccc(OCCc2nc(CCN)n(C)n2)c1. The number of benzene rings is 1. The van der Waals surface area contributed by atoms with Gasteiger partial charge in [-0.15, -0.1) is 0 Å². The fourth-order valence-corrected chi connectivity index (χ4v) is 1.89. The van der Waals surface area contributed by atoms with Gasteiger partial charge in [-0.3, -0.25) is 4.68 Å². The molecule has 5 nitrogen and oxygen atoms in total. The molecule has 0 saturated carbocycles. The summed E-state index contributed by atoms with van der Waals surface area (Å²) < 4.78 is 7.47. The molecular formula is C14H20N4O. The van der Waals surface area contributed by atoms with E-state index in [1.807, 2.05) is 38.2 Å². The molecule has 0 fully saturated rings. The highest BCUT2D eigenvalue weighted by Crippen LogP contribution is 2.12. The summed E-state index contributed by atoms with van der Waals surface area (Å²) in [7, 11) is 1.89. The standard InChI is InChI=1S/C14H20N4O/c1-11-4-3-5-12(10-11)19-9-7-13-16-14(6-8-15)18(2)17-13/h3-5,10H,6-9,15H2,1-2H3.